The third-order valence-electron chi connectivity index (χ3n) is 7.83. The van der Waals surface area contributed by atoms with Crippen molar-refractivity contribution >= 4 is 65.6 Å². The van der Waals surface area contributed by atoms with Gasteiger partial charge in [-0.15, -0.1) is 0 Å². The van der Waals surface area contributed by atoms with Crippen LogP contribution in [0.1, 0.15) is 12.6 Å². The molecule has 4 aromatic heterocycles. The van der Waals surface area contributed by atoms with Crippen molar-refractivity contribution in [3.63, 3.8) is 0 Å². The molecule has 7 rings (SSSR count). The summed E-state index contributed by atoms with van der Waals surface area (Å²) in [5.74, 6) is -0.914. The molecule has 9 atom stereocenters. The molecule has 46 heavy (non-hydrogen) atoms. The third-order valence-corrected chi connectivity index (χ3v) is 11.0. The van der Waals surface area contributed by atoms with Crippen LogP contribution in [0.5, 0.6) is 0 Å². The quantitative estimate of drug-likeness (QED) is 0.118. The first-order valence-corrected chi connectivity index (χ1v) is 18.7. The number of imidazole rings is 1. The van der Waals surface area contributed by atoms with Gasteiger partial charge in [0.25, 0.3) is 5.56 Å². The van der Waals surface area contributed by atoms with Gasteiger partial charge in [0.15, 0.2) is 29.2 Å². The molecule has 2 bridgehead atoms. The largest absolute Gasteiger partial charge is 0.386 e. The van der Waals surface area contributed by atoms with Crippen molar-refractivity contribution in [2.24, 2.45) is 0 Å². The van der Waals surface area contributed by atoms with E-state index < -0.39 is 86.0 Å². The fourth-order valence-corrected chi connectivity index (χ4v) is 8.85. The summed E-state index contributed by atoms with van der Waals surface area (Å²) in [5, 5.41) is 22.3. The summed E-state index contributed by atoms with van der Waals surface area (Å²) in [4.78, 5) is 42.0. The maximum Gasteiger partial charge on any atom is 0.386 e. The first kappa shape index (κ1) is 32.1. The molecular formula is C22H25FN8O11P2S2. The number of rotatable bonds is 2. The molecule has 248 valence electrons. The van der Waals surface area contributed by atoms with Crippen LogP contribution in [0.4, 0.5) is 10.2 Å². The molecule has 3 saturated heterocycles. The second-order valence-electron chi connectivity index (χ2n) is 10.6. The van der Waals surface area contributed by atoms with Gasteiger partial charge in [-0.25, -0.2) is 28.9 Å². The SMILES string of the molecule is Nc1ncnc2c1ncn2[C@@H]1O[C@@H]2CCOP(O)(=S)O[C@]3(n4cc(F)c5c(=O)[nH]cnc54)CO[C@H](COP(=O)(S)O[C@H]2[C@H]1O)[C@H]3O. The van der Waals surface area contributed by atoms with E-state index in [1.807, 2.05) is 0 Å². The standard InChI is InChI=1S/C22H25FN8O11P2S2/c23-9-3-31(18-12(9)20(34)28-7-26-18)22-5-37-11(16(22)33)4-39-43(35,45)41-15-10(1-2-38-44(36,46)42-22)40-21(14(15)32)30-8-29-13-17(24)25-6-27-19(13)30/h3,6-8,10-11,14-16,21,32-33H,1-2,4-5H2,(H,35,45)(H,36,46)(H2,24,25,27)(H,26,28,34)/t10-,11-,14-,15-,16-,21-,22-,43?,44?/m1/s1. The second kappa shape index (κ2) is 11.6. The topological polar surface area (TPSA) is 253 Å². The fraction of sp³-hybridized carbons (Fsp3) is 0.500. The van der Waals surface area contributed by atoms with Gasteiger partial charge in [-0.05, 0) is 11.8 Å². The van der Waals surface area contributed by atoms with E-state index in [9.17, 15) is 28.9 Å². The molecule has 0 spiro atoms. The van der Waals surface area contributed by atoms with E-state index in [1.54, 1.807) is 0 Å². The molecule has 0 saturated carbocycles. The van der Waals surface area contributed by atoms with Crippen molar-refractivity contribution in [3.8, 4) is 0 Å². The first-order chi connectivity index (χ1) is 21.8. The number of nitrogen functional groups attached to an aromatic ring is 1. The monoisotopic (exact) mass is 722 g/mol. The molecule has 3 fully saturated rings. The van der Waals surface area contributed by atoms with Crippen molar-refractivity contribution in [1.82, 2.24) is 34.1 Å². The lowest BCUT2D eigenvalue weighted by atomic mass is 10.1. The highest BCUT2D eigenvalue weighted by atomic mass is 32.7. The van der Waals surface area contributed by atoms with Crippen LogP contribution in [0.2, 0.25) is 0 Å². The number of H-pyrrole nitrogens is 1. The molecule has 3 aliphatic rings. The number of nitrogens with two attached hydrogens (primary N) is 1. The Bertz CT molecular complexity index is 1980. The lowest BCUT2D eigenvalue weighted by Crippen LogP contribution is -2.48. The fourth-order valence-electron chi connectivity index (χ4n) is 5.72. The summed E-state index contributed by atoms with van der Waals surface area (Å²) in [7, 11) is 0. The number of thiol groups is 1. The van der Waals surface area contributed by atoms with Gasteiger partial charge < -0.3 is 39.8 Å². The average Bonchev–Trinajstić information content (AvgIpc) is 3.73. The Kier molecular flexibility index (Phi) is 8.12. The van der Waals surface area contributed by atoms with Gasteiger partial charge in [0.1, 0.15) is 41.6 Å². The Balaban J connectivity index is 1.22. The van der Waals surface area contributed by atoms with Crippen LogP contribution in [-0.4, -0.2) is 99.5 Å². The van der Waals surface area contributed by atoms with E-state index in [1.165, 1.54) is 17.2 Å². The summed E-state index contributed by atoms with van der Waals surface area (Å²) in [5.41, 5.74) is 3.11. The number of anilines is 1. The number of hydrogen-bond donors (Lipinski definition) is 6. The van der Waals surface area contributed by atoms with Gasteiger partial charge in [-0.2, -0.15) is 0 Å². The predicted molar refractivity (Wildman–Crippen MR) is 159 cm³/mol. The van der Waals surface area contributed by atoms with E-state index in [-0.39, 0.29) is 35.7 Å². The van der Waals surface area contributed by atoms with E-state index in [0.717, 1.165) is 17.1 Å². The Morgan fingerprint density at radius 1 is 1.20 bits per heavy atom. The van der Waals surface area contributed by atoms with Crippen LogP contribution in [-0.2, 0) is 49.7 Å². The highest BCUT2D eigenvalue weighted by Gasteiger charge is 2.57. The number of nitrogens with zero attached hydrogens (tertiary/aromatic N) is 6. The molecular weight excluding hydrogens is 697 g/mol. The van der Waals surface area contributed by atoms with Crippen LogP contribution >= 0.6 is 25.8 Å². The maximum atomic E-state index is 15.0. The lowest BCUT2D eigenvalue weighted by Gasteiger charge is -2.36. The summed E-state index contributed by atoms with van der Waals surface area (Å²) >= 11 is 9.34. The minimum Gasteiger partial charge on any atom is -0.386 e. The minimum atomic E-state index is -4.33. The molecule has 0 aliphatic carbocycles. The summed E-state index contributed by atoms with van der Waals surface area (Å²) in [6, 6.07) is 0. The number of aromatic nitrogens is 7. The highest BCUT2D eigenvalue weighted by molar-refractivity contribution is 8.44. The molecule has 0 aromatic carbocycles. The van der Waals surface area contributed by atoms with E-state index in [2.05, 4.69) is 37.2 Å². The van der Waals surface area contributed by atoms with Gasteiger partial charge in [-0.1, -0.05) is 12.2 Å². The van der Waals surface area contributed by atoms with Gasteiger partial charge in [-0.3, -0.25) is 27.5 Å². The lowest BCUT2D eigenvalue weighted by molar-refractivity contribution is -0.0987. The van der Waals surface area contributed by atoms with Crippen LogP contribution in [0, 0.1) is 5.82 Å². The maximum absolute atomic E-state index is 15.0. The number of halogens is 1. The Morgan fingerprint density at radius 3 is 2.80 bits per heavy atom. The van der Waals surface area contributed by atoms with E-state index >= 15 is 0 Å². The van der Waals surface area contributed by atoms with Gasteiger partial charge in [0.2, 0.25) is 5.72 Å². The number of fused-ring (bicyclic) bond motifs is 5. The normalized spacial score (nSPS) is 37.4. The van der Waals surface area contributed by atoms with Crippen molar-refractivity contribution in [1.29, 1.82) is 0 Å². The Morgan fingerprint density at radius 2 is 2.00 bits per heavy atom. The third kappa shape index (κ3) is 5.40. The second-order valence-corrected chi connectivity index (χ2v) is 16.2. The molecule has 4 aromatic rings. The van der Waals surface area contributed by atoms with Gasteiger partial charge in [0, 0.05) is 12.6 Å². The smallest absolute Gasteiger partial charge is 0.386 e. The summed E-state index contributed by atoms with van der Waals surface area (Å²) in [6.07, 6.45) is -3.93. The van der Waals surface area contributed by atoms with E-state index in [4.69, 9.17) is 45.1 Å². The minimum absolute atomic E-state index is 0.0937. The number of aromatic amines is 1. The van der Waals surface area contributed by atoms with Crippen LogP contribution < -0.4 is 11.3 Å². The van der Waals surface area contributed by atoms with Gasteiger partial charge in [0.05, 0.1) is 38.6 Å². The summed E-state index contributed by atoms with van der Waals surface area (Å²) in [6.45, 7) is -10.2. The van der Waals surface area contributed by atoms with Crippen molar-refractivity contribution in [2.45, 2.75) is 48.9 Å². The van der Waals surface area contributed by atoms with Crippen LogP contribution in [0.25, 0.3) is 22.2 Å². The zero-order chi connectivity index (χ0) is 32.6. The van der Waals surface area contributed by atoms with Crippen molar-refractivity contribution < 1.29 is 51.6 Å². The van der Waals surface area contributed by atoms with E-state index in [0.29, 0.717) is 0 Å². The number of aliphatic hydroxyl groups excluding tert-OH is 2. The summed E-state index contributed by atoms with van der Waals surface area (Å²) < 4.78 is 65.2. The predicted octanol–water partition coefficient (Wildman–Crippen LogP) is 0.0500. The molecule has 0 amide bonds. The molecule has 24 heteroatoms. The van der Waals surface area contributed by atoms with Gasteiger partial charge >= 0.3 is 13.5 Å². The average molecular weight is 723 g/mol. The molecule has 19 nitrogen and oxygen atoms in total. The van der Waals surface area contributed by atoms with Crippen LogP contribution in [0.3, 0.4) is 0 Å². The first-order valence-electron chi connectivity index (χ1n) is 13.4. The Hall–Kier alpha value is -2.43. The zero-order valence-electron chi connectivity index (χ0n) is 23.1. The number of nitrogens with one attached hydrogen (secondary N) is 1. The molecule has 6 N–H and O–H groups in total. The molecule has 0 radical (unpaired) electrons. The number of hydrogen-bond acceptors (Lipinski definition) is 16. The Labute approximate surface area is 266 Å². The van der Waals surface area contributed by atoms with Crippen LogP contribution in [0.15, 0.2) is 30.0 Å². The number of aliphatic hydroxyl groups is 2. The van der Waals surface area contributed by atoms with Crippen molar-refractivity contribution in [2.75, 3.05) is 25.6 Å². The molecule has 2 unspecified atom stereocenters. The zero-order valence-corrected chi connectivity index (χ0v) is 26.6. The van der Waals surface area contributed by atoms with Crippen molar-refractivity contribution in [3.05, 3.63) is 41.3 Å². The highest BCUT2D eigenvalue weighted by Crippen LogP contribution is 2.58. The number of ether oxygens (including phenoxy) is 2. The molecule has 3 aliphatic heterocycles. The molecule has 7 heterocycles.